The second-order valence-corrected chi connectivity index (χ2v) is 4.78. The molecule has 19 heavy (non-hydrogen) atoms. The second-order valence-electron chi connectivity index (χ2n) is 4.78. The van der Waals surface area contributed by atoms with E-state index in [0.717, 1.165) is 18.5 Å². The molecule has 104 valence electrons. The van der Waals surface area contributed by atoms with E-state index in [2.05, 4.69) is 10.2 Å². The average molecular weight is 265 g/mol. The van der Waals surface area contributed by atoms with Gasteiger partial charge in [0.25, 0.3) is 5.69 Å². The van der Waals surface area contributed by atoms with Gasteiger partial charge in [-0.1, -0.05) is 12.1 Å². The Hall–Kier alpha value is -1.66. The molecule has 1 aromatic rings. The third kappa shape index (κ3) is 3.21. The van der Waals surface area contributed by atoms with Crippen molar-refractivity contribution < 1.29 is 10.0 Å². The van der Waals surface area contributed by atoms with E-state index < -0.39 is 0 Å². The van der Waals surface area contributed by atoms with Crippen molar-refractivity contribution in [2.75, 3.05) is 25.0 Å². The fourth-order valence-corrected chi connectivity index (χ4v) is 2.45. The molecule has 6 nitrogen and oxygen atoms in total. The molecule has 0 spiro atoms. The van der Waals surface area contributed by atoms with E-state index in [9.17, 15) is 15.2 Å². The number of hydrogen-bond acceptors (Lipinski definition) is 5. The lowest BCUT2D eigenvalue weighted by atomic mass is 10.1. The molecule has 1 saturated heterocycles. The number of para-hydroxylation sites is 1. The standard InChI is InChI=1S/C13H19N3O3/c1-2-14-13-10(4-3-5-12(13)16(18)19)8-15-7-6-11(17)9-15/h3-5,11,14,17H,2,6-9H2,1H3. The van der Waals surface area contributed by atoms with Gasteiger partial charge >= 0.3 is 0 Å². The van der Waals surface area contributed by atoms with E-state index in [0.29, 0.717) is 25.3 Å². The molecule has 2 N–H and O–H groups in total. The van der Waals surface area contributed by atoms with Gasteiger partial charge in [0, 0.05) is 32.2 Å². The summed E-state index contributed by atoms with van der Waals surface area (Å²) >= 11 is 0. The number of anilines is 1. The molecule has 0 aromatic heterocycles. The molecule has 0 aliphatic carbocycles. The van der Waals surface area contributed by atoms with Crippen molar-refractivity contribution in [3.63, 3.8) is 0 Å². The van der Waals surface area contributed by atoms with Gasteiger partial charge in [0.1, 0.15) is 5.69 Å². The number of aliphatic hydroxyl groups is 1. The van der Waals surface area contributed by atoms with Crippen LogP contribution in [0, 0.1) is 10.1 Å². The molecule has 1 unspecified atom stereocenters. The third-order valence-electron chi connectivity index (χ3n) is 3.32. The van der Waals surface area contributed by atoms with Crippen molar-refractivity contribution in [1.82, 2.24) is 4.90 Å². The van der Waals surface area contributed by atoms with Crippen LogP contribution in [0.3, 0.4) is 0 Å². The summed E-state index contributed by atoms with van der Waals surface area (Å²) in [6, 6.07) is 5.12. The number of nitro groups is 1. The maximum Gasteiger partial charge on any atom is 0.292 e. The SMILES string of the molecule is CCNc1c(CN2CCC(O)C2)cccc1[N+](=O)[O-]. The van der Waals surface area contributed by atoms with E-state index in [-0.39, 0.29) is 16.7 Å². The van der Waals surface area contributed by atoms with Crippen molar-refractivity contribution >= 4 is 11.4 Å². The lowest BCUT2D eigenvalue weighted by Gasteiger charge is -2.18. The van der Waals surface area contributed by atoms with Crippen molar-refractivity contribution in [2.45, 2.75) is 26.0 Å². The number of nitro benzene ring substituents is 1. The quantitative estimate of drug-likeness (QED) is 0.624. The van der Waals surface area contributed by atoms with Crippen molar-refractivity contribution in [3.8, 4) is 0 Å². The first-order valence-electron chi connectivity index (χ1n) is 6.52. The predicted molar refractivity (Wildman–Crippen MR) is 73.2 cm³/mol. The van der Waals surface area contributed by atoms with Crippen LogP contribution in [0.5, 0.6) is 0 Å². The molecule has 2 rings (SSSR count). The molecule has 0 bridgehead atoms. The Morgan fingerprint density at radius 2 is 2.37 bits per heavy atom. The Labute approximate surface area is 112 Å². The summed E-state index contributed by atoms with van der Waals surface area (Å²) in [7, 11) is 0. The van der Waals surface area contributed by atoms with Gasteiger partial charge in [-0.15, -0.1) is 0 Å². The Bertz CT molecular complexity index is 464. The van der Waals surface area contributed by atoms with Gasteiger partial charge in [-0.2, -0.15) is 0 Å². The highest BCUT2D eigenvalue weighted by Crippen LogP contribution is 2.29. The van der Waals surface area contributed by atoms with Crippen LogP contribution in [0.2, 0.25) is 0 Å². The van der Waals surface area contributed by atoms with Gasteiger partial charge in [-0.3, -0.25) is 15.0 Å². The largest absolute Gasteiger partial charge is 0.392 e. The van der Waals surface area contributed by atoms with Crippen molar-refractivity contribution in [2.24, 2.45) is 0 Å². The van der Waals surface area contributed by atoms with Crippen LogP contribution >= 0.6 is 0 Å². The molecule has 6 heteroatoms. The maximum atomic E-state index is 11.1. The summed E-state index contributed by atoms with van der Waals surface area (Å²) in [5.74, 6) is 0. The zero-order chi connectivity index (χ0) is 13.8. The topological polar surface area (TPSA) is 78.6 Å². The van der Waals surface area contributed by atoms with E-state index in [1.54, 1.807) is 6.07 Å². The number of aliphatic hydroxyl groups excluding tert-OH is 1. The summed E-state index contributed by atoms with van der Waals surface area (Å²) in [6.07, 6.45) is 0.493. The van der Waals surface area contributed by atoms with Crippen LogP contribution in [-0.4, -0.2) is 40.7 Å². The summed E-state index contributed by atoms with van der Waals surface area (Å²) in [6.45, 7) is 4.64. The van der Waals surface area contributed by atoms with Gasteiger partial charge in [0.15, 0.2) is 0 Å². The molecule has 1 aliphatic heterocycles. The van der Waals surface area contributed by atoms with Gasteiger partial charge in [0.2, 0.25) is 0 Å². The number of likely N-dealkylation sites (tertiary alicyclic amines) is 1. The average Bonchev–Trinajstić information content (AvgIpc) is 2.77. The monoisotopic (exact) mass is 265 g/mol. The maximum absolute atomic E-state index is 11.1. The number of benzene rings is 1. The van der Waals surface area contributed by atoms with Crippen LogP contribution < -0.4 is 5.32 Å². The van der Waals surface area contributed by atoms with Crippen LogP contribution in [0.4, 0.5) is 11.4 Å². The van der Waals surface area contributed by atoms with Gasteiger partial charge in [-0.25, -0.2) is 0 Å². The molecule has 1 atom stereocenters. The number of nitrogens with zero attached hydrogens (tertiary/aromatic N) is 2. The minimum Gasteiger partial charge on any atom is -0.392 e. The number of β-amino-alcohol motifs (C(OH)–C–C–N with tert-alkyl or cyclic N) is 1. The lowest BCUT2D eigenvalue weighted by molar-refractivity contribution is -0.384. The fourth-order valence-electron chi connectivity index (χ4n) is 2.45. The molecular weight excluding hydrogens is 246 g/mol. The highest BCUT2D eigenvalue weighted by atomic mass is 16.6. The van der Waals surface area contributed by atoms with Crippen LogP contribution in [0.25, 0.3) is 0 Å². The molecule has 1 heterocycles. The molecule has 1 fully saturated rings. The highest BCUT2D eigenvalue weighted by Gasteiger charge is 2.23. The van der Waals surface area contributed by atoms with E-state index in [4.69, 9.17) is 0 Å². The van der Waals surface area contributed by atoms with Gasteiger partial charge in [-0.05, 0) is 18.9 Å². The van der Waals surface area contributed by atoms with Crippen LogP contribution in [0.1, 0.15) is 18.9 Å². The number of nitrogens with one attached hydrogen (secondary N) is 1. The van der Waals surface area contributed by atoms with E-state index in [1.807, 2.05) is 13.0 Å². The van der Waals surface area contributed by atoms with E-state index >= 15 is 0 Å². The molecular formula is C13H19N3O3. The molecule has 1 aromatic carbocycles. The zero-order valence-electron chi connectivity index (χ0n) is 11.0. The molecule has 1 aliphatic rings. The Morgan fingerprint density at radius 1 is 1.58 bits per heavy atom. The van der Waals surface area contributed by atoms with Crippen LogP contribution in [-0.2, 0) is 6.54 Å². The fraction of sp³-hybridized carbons (Fsp3) is 0.538. The molecule has 0 radical (unpaired) electrons. The minimum atomic E-state index is -0.361. The normalized spacial score (nSPS) is 19.6. The molecule has 0 amide bonds. The first kappa shape index (κ1) is 13.8. The minimum absolute atomic E-state index is 0.110. The smallest absolute Gasteiger partial charge is 0.292 e. The number of hydrogen-bond donors (Lipinski definition) is 2. The van der Waals surface area contributed by atoms with Crippen LogP contribution in [0.15, 0.2) is 18.2 Å². The third-order valence-corrected chi connectivity index (χ3v) is 3.32. The molecule has 0 saturated carbocycles. The number of rotatable bonds is 5. The summed E-state index contributed by atoms with van der Waals surface area (Å²) < 4.78 is 0. The Kier molecular flexibility index (Phi) is 4.34. The summed E-state index contributed by atoms with van der Waals surface area (Å²) in [4.78, 5) is 12.8. The predicted octanol–water partition coefficient (Wildman–Crippen LogP) is 1.59. The lowest BCUT2D eigenvalue weighted by Crippen LogP contribution is -2.22. The summed E-state index contributed by atoms with van der Waals surface area (Å²) in [5, 5.41) is 23.7. The Balaban J connectivity index is 2.23. The second kappa shape index (κ2) is 5.99. The first-order chi connectivity index (χ1) is 9.11. The Morgan fingerprint density at radius 3 is 2.95 bits per heavy atom. The van der Waals surface area contributed by atoms with Crippen molar-refractivity contribution in [3.05, 3.63) is 33.9 Å². The van der Waals surface area contributed by atoms with Gasteiger partial charge in [0.05, 0.1) is 11.0 Å². The van der Waals surface area contributed by atoms with Gasteiger partial charge < -0.3 is 10.4 Å². The van der Waals surface area contributed by atoms with E-state index in [1.165, 1.54) is 6.07 Å². The van der Waals surface area contributed by atoms with Crippen molar-refractivity contribution in [1.29, 1.82) is 0 Å². The zero-order valence-corrected chi connectivity index (χ0v) is 11.0. The summed E-state index contributed by atoms with van der Waals surface area (Å²) in [5.41, 5.74) is 1.61. The first-order valence-corrected chi connectivity index (χ1v) is 6.52. The highest BCUT2D eigenvalue weighted by molar-refractivity contribution is 5.66.